The SMILES string of the molecule is CC(CC(=O)OCCCc1ccccc1)c1ccc2ccccc2c1. The van der Waals surface area contributed by atoms with Gasteiger partial charge >= 0.3 is 5.97 Å². The second-order valence-corrected chi connectivity index (χ2v) is 6.52. The van der Waals surface area contributed by atoms with Crippen molar-refractivity contribution in [3.63, 3.8) is 0 Å². The third kappa shape index (κ3) is 4.93. The molecular weight excluding hydrogens is 308 g/mol. The van der Waals surface area contributed by atoms with Gasteiger partial charge < -0.3 is 4.74 Å². The van der Waals surface area contributed by atoms with Crippen molar-refractivity contribution >= 4 is 16.7 Å². The molecule has 0 heterocycles. The van der Waals surface area contributed by atoms with Gasteiger partial charge in [-0.2, -0.15) is 0 Å². The minimum Gasteiger partial charge on any atom is -0.466 e. The molecule has 3 rings (SSSR count). The minimum absolute atomic E-state index is 0.117. The predicted octanol–water partition coefficient (Wildman–Crippen LogP) is 5.51. The van der Waals surface area contributed by atoms with Crippen molar-refractivity contribution in [1.82, 2.24) is 0 Å². The Morgan fingerprint density at radius 2 is 1.64 bits per heavy atom. The largest absolute Gasteiger partial charge is 0.466 e. The lowest BCUT2D eigenvalue weighted by Crippen LogP contribution is -2.10. The van der Waals surface area contributed by atoms with E-state index in [2.05, 4.69) is 49.4 Å². The highest BCUT2D eigenvalue weighted by Gasteiger charge is 2.12. The lowest BCUT2D eigenvalue weighted by Gasteiger charge is -2.12. The Labute approximate surface area is 149 Å². The fraction of sp³-hybridized carbons (Fsp3) is 0.261. The van der Waals surface area contributed by atoms with E-state index in [1.165, 1.54) is 21.9 Å². The van der Waals surface area contributed by atoms with Crippen LogP contribution in [0.3, 0.4) is 0 Å². The van der Waals surface area contributed by atoms with Gasteiger partial charge in [-0.3, -0.25) is 4.79 Å². The van der Waals surface area contributed by atoms with Crippen molar-refractivity contribution in [3.8, 4) is 0 Å². The normalized spacial score (nSPS) is 12.0. The average Bonchev–Trinajstić information content (AvgIpc) is 2.65. The van der Waals surface area contributed by atoms with Crippen LogP contribution in [0, 0.1) is 0 Å². The van der Waals surface area contributed by atoms with Gasteiger partial charge in [0.2, 0.25) is 0 Å². The maximum Gasteiger partial charge on any atom is 0.306 e. The third-order valence-electron chi connectivity index (χ3n) is 4.53. The van der Waals surface area contributed by atoms with Crippen LogP contribution in [0.15, 0.2) is 72.8 Å². The summed E-state index contributed by atoms with van der Waals surface area (Å²) in [6, 6.07) is 25.0. The molecule has 0 aromatic heterocycles. The van der Waals surface area contributed by atoms with E-state index in [4.69, 9.17) is 4.74 Å². The summed E-state index contributed by atoms with van der Waals surface area (Å²) in [5, 5.41) is 2.44. The lowest BCUT2D eigenvalue weighted by molar-refractivity contribution is -0.144. The van der Waals surface area contributed by atoms with Crippen molar-refractivity contribution in [2.24, 2.45) is 0 Å². The van der Waals surface area contributed by atoms with Crippen LogP contribution in [-0.4, -0.2) is 12.6 Å². The topological polar surface area (TPSA) is 26.3 Å². The maximum atomic E-state index is 12.1. The van der Waals surface area contributed by atoms with Crippen LogP contribution in [0.4, 0.5) is 0 Å². The number of esters is 1. The van der Waals surface area contributed by atoms with Crippen molar-refractivity contribution in [3.05, 3.63) is 83.9 Å². The van der Waals surface area contributed by atoms with Crippen LogP contribution in [0.2, 0.25) is 0 Å². The molecular formula is C23H24O2. The van der Waals surface area contributed by atoms with Crippen LogP contribution in [-0.2, 0) is 16.0 Å². The highest BCUT2D eigenvalue weighted by atomic mass is 16.5. The number of fused-ring (bicyclic) bond motifs is 1. The Kier molecular flexibility index (Phi) is 5.84. The molecule has 25 heavy (non-hydrogen) atoms. The molecule has 0 aliphatic heterocycles. The van der Waals surface area contributed by atoms with Crippen LogP contribution < -0.4 is 0 Å². The van der Waals surface area contributed by atoms with Gasteiger partial charge in [0.1, 0.15) is 0 Å². The summed E-state index contributed by atoms with van der Waals surface area (Å²) in [6.07, 6.45) is 2.22. The van der Waals surface area contributed by atoms with Crippen molar-refractivity contribution in [2.75, 3.05) is 6.61 Å². The summed E-state index contributed by atoms with van der Waals surface area (Å²) in [7, 11) is 0. The van der Waals surface area contributed by atoms with Gasteiger partial charge in [-0.1, -0.05) is 79.7 Å². The van der Waals surface area contributed by atoms with Crippen molar-refractivity contribution < 1.29 is 9.53 Å². The third-order valence-corrected chi connectivity index (χ3v) is 4.53. The quantitative estimate of drug-likeness (QED) is 0.421. The second-order valence-electron chi connectivity index (χ2n) is 6.52. The van der Waals surface area contributed by atoms with Gasteiger partial charge in [0, 0.05) is 0 Å². The average molecular weight is 332 g/mol. The molecule has 128 valence electrons. The zero-order chi connectivity index (χ0) is 17.5. The zero-order valence-electron chi connectivity index (χ0n) is 14.7. The van der Waals surface area contributed by atoms with Gasteiger partial charge in [0.25, 0.3) is 0 Å². The number of hydrogen-bond acceptors (Lipinski definition) is 2. The van der Waals surface area contributed by atoms with Crippen molar-refractivity contribution in [1.29, 1.82) is 0 Å². The van der Waals surface area contributed by atoms with Crippen LogP contribution >= 0.6 is 0 Å². The van der Waals surface area contributed by atoms with Crippen LogP contribution in [0.25, 0.3) is 10.8 Å². The summed E-state index contributed by atoms with van der Waals surface area (Å²) in [6.45, 7) is 2.56. The standard InChI is InChI=1S/C23H24O2/c1-18(21-14-13-20-11-5-6-12-22(20)17-21)16-23(24)25-15-7-10-19-8-3-2-4-9-19/h2-6,8-9,11-14,17-18H,7,10,15-16H2,1H3. The summed E-state index contributed by atoms with van der Waals surface area (Å²) < 4.78 is 5.40. The summed E-state index contributed by atoms with van der Waals surface area (Å²) >= 11 is 0. The van der Waals surface area contributed by atoms with E-state index >= 15 is 0 Å². The molecule has 0 saturated heterocycles. The van der Waals surface area contributed by atoms with E-state index in [0.717, 1.165) is 12.8 Å². The minimum atomic E-state index is -0.117. The molecule has 2 nitrogen and oxygen atoms in total. The number of rotatable bonds is 7. The van der Waals surface area contributed by atoms with E-state index in [9.17, 15) is 4.79 Å². The summed E-state index contributed by atoms with van der Waals surface area (Å²) in [4.78, 5) is 12.1. The van der Waals surface area contributed by atoms with Gasteiger partial charge in [0.15, 0.2) is 0 Å². The highest BCUT2D eigenvalue weighted by molar-refractivity contribution is 5.83. The molecule has 0 saturated carbocycles. The molecule has 1 atom stereocenters. The van der Waals surface area contributed by atoms with Gasteiger partial charge in [0.05, 0.1) is 13.0 Å². The van der Waals surface area contributed by atoms with E-state index in [-0.39, 0.29) is 11.9 Å². The summed E-state index contributed by atoms with van der Waals surface area (Å²) in [5.74, 6) is 0.0416. The molecule has 1 unspecified atom stereocenters. The Morgan fingerprint density at radius 1 is 0.920 bits per heavy atom. The van der Waals surface area contributed by atoms with Crippen molar-refractivity contribution in [2.45, 2.75) is 32.1 Å². The molecule has 0 aliphatic rings. The molecule has 0 N–H and O–H groups in total. The highest BCUT2D eigenvalue weighted by Crippen LogP contribution is 2.24. The number of carbonyl (C=O) groups is 1. The predicted molar refractivity (Wildman–Crippen MR) is 103 cm³/mol. The number of benzene rings is 3. The fourth-order valence-corrected chi connectivity index (χ4v) is 3.05. The number of aryl methyl sites for hydroxylation is 1. The zero-order valence-corrected chi connectivity index (χ0v) is 14.7. The molecule has 0 spiro atoms. The first-order valence-electron chi connectivity index (χ1n) is 8.90. The lowest BCUT2D eigenvalue weighted by atomic mass is 9.95. The second kappa shape index (κ2) is 8.48. The summed E-state index contributed by atoms with van der Waals surface area (Å²) in [5.41, 5.74) is 2.46. The molecule has 0 fully saturated rings. The number of ether oxygens (including phenoxy) is 1. The molecule has 0 amide bonds. The Bertz CT molecular complexity index is 824. The molecule has 3 aromatic carbocycles. The van der Waals surface area contributed by atoms with Gasteiger partial charge in [-0.05, 0) is 40.7 Å². The van der Waals surface area contributed by atoms with Crippen LogP contribution in [0.1, 0.15) is 36.8 Å². The van der Waals surface area contributed by atoms with E-state index in [0.29, 0.717) is 13.0 Å². The first-order chi connectivity index (χ1) is 12.2. The van der Waals surface area contributed by atoms with E-state index in [1.807, 2.05) is 30.3 Å². The number of hydrogen-bond donors (Lipinski definition) is 0. The fourth-order valence-electron chi connectivity index (χ4n) is 3.05. The number of carbonyl (C=O) groups excluding carboxylic acids is 1. The Balaban J connectivity index is 1.46. The monoisotopic (exact) mass is 332 g/mol. The molecule has 0 radical (unpaired) electrons. The first kappa shape index (κ1) is 17.2. The molecule has 3 aromatic rings. The maximum absolute atomic E-state index is 12.1. The smallest absolute Gasteiger partial charge is 0.306 e. The van der Waals surface area contributed by atoms with Crippen LogP contribution in [0.5, 0.6) is 0 Å². The molecule has 0 bridgehead atoms. The molecule has 2 heteroatoms. The van der Waals surface area contributed by atoms with Gasteiger partial charge in [-0.15, -0.1) is 0 Å². The van der Waals surface area contributed by atoms with E-state index < -0.39 is 0 Å². The first-order valence-corrected chi connectivity index (χ1v) is 8.90. The Hall–Kier alpha value is -2.61. The Morgan fingerprint density at radius 3 is 2.44 bits per heavy atom. The van der Waals surface area contributed by atoms with Gasteiger partial charge in [-0.25, -0.2) is 0 Å². The molecule has 0 aliphatic carbocycles. The van der Waals surface area contributed by atoms with E-state index in [1.54, 1.807) is 0 Å².